The summed E-state index contributed by atoms with van der Waals surface area (Å²) in [5, 5.41) is 17.8. The number of nitrogens with zero attached hydrogens (tertiary/aromatic N) is 3. The van der Waals surface area contributed by atoms with Gasteiger partial charge in [-0.25, -0.2) is 0 Å². The Kier molecular flexibility index (Phi) is 4.70. The van der Waals surface area contributed by atoms with Gasteiger partial charge in [0.15, 0.2) is 0 Å². The van der Waals surface area contributed by atoms with Gasteiger partial charge >= 0.3 is 0 Å². The number of rotatable bonds is 5. The van der Waals surface area contributed by atoms with Crippen LogP contribution in [0.2, 0.25) is 0 Å². The molecule has 2 aromatic carbocycles. The van der Waals surface area contributed by atoms with E-state index in [9.17, 15) is 9.90 Å². The highest BCUT2D eigenvalue weighted by molar-refractivity contribution is 6.03. The van der Waals surface area contributed by atoms with Crippen LogP contribution in [0.15, 0.2) is 54.6 Å². The highest BCUT2D eigenvalue weighted by atomic mass is 16.3. The first-order valence-corrected chi connectivity index (χ1v) is 7.50. The van der Waals surface area contributed by atoms with E-state index in [-0.39, 0.29) is 17.6 Å². The Morgan fingerprint density at radius 2 is 1.52 bits per heavy atom. The van der Waals surface area contributed by atoms with Gasteiger partial charge in [-0.1, -0.05) is 18.2 Å². The molecule has 0 spiro atoms. The first kappa shape index (κ1) is 16.2. The van der Waals surface area contributed by atoms with Gasteiger partial charge in [-0.2, -0.15) is 15.0 Å². The molecule has 25 heavy (non-hydrogen) atoms. The summed E-state index contributed by atoms with van der Waals surface area (Å²) in [7, 11) is 1.67. The molecule has 1 aromatic heterocycles. The molecule has 0 saturated carbocycles. The van der Waals surface area contributed by atoms with Crippen molar-refractivity contribution in [1.82, 2.24) is 15.0 Å². The van der Waals surface area contributed by atoms with Gasteiger partial charge in [0, 0.05) is 18.3 Å². The Morgan fingerprint density at radius 1 is 0.880 bits per heavy atom. The molecule has 8 heteroatoms. The molecule has 0 aliphatic carbocycles. The van der Waals surface area contributed by atoms with Crippen molar-refractivity contribution >= 4 is 29.4 Å². The molecule has 0 unspecified atom stereocenters. The number of phenols is 1. The third-order valence-corrected chi connectivity index (χ3v) is 3.24. The summed E-state index contributed by atoms with van der Waals surface area (Å²) in [4.78, 5) is 24.8. The molecule has 0 aliphatic heterocycles. The number of benzene rings is 2. The smallest absolute Gasteiger partial charge is 0.258 e. The Hall–Kier alpha value is -3.68. The largest absolute Gasteiger partial charge is 0.508 e. The molecule has 0 bridgehead atoms. The van der Waals surface area contributed by atoms with E-state index < -0.39 is 0 Å². The molecule has 1 amide bonds. The zero-order valence-corrected chi connectivity index (χ0v) is 13.4. The van der Waals surface area contributed by atoms with Crippen molar-refractivity contribution < 1.29 is 9.90 Å². The average molecular weight is 336 g/mol. The van der Waals surface area contributed by atoms with E-state index in [1.165, 1.54) is 24.3 Å². The lowest BCUT2D eigenvalue weighted by molar-refractivity contribution is 0.102. The number of aromatic hydroxyl groups is 1. The van der Waals surface area contributed by atoms with Gasteiger partial charge in [-0.05, 0) is 36.4 Å². The predicted molar refractivity (Wildman–Crippen MR) is 95.2 cm³/mol. The fourth-order valence-corrected chi connectivity index (χ4v) is 2.04. The molecule has 0 fully saturated rings. The third kappa shape index (κ3) is 4.20. The van der Waals surface area contributed by atoms with Crippen LogP contribution in [-0.2, 0) is 0 Å². The van der Waals surface area contributed by atoms with Crippen molar-refractivity contribution in [3.8, 4) is 5.75 Å². The highest BCUT2D eigenvalue weighted by Crippen LogP contribution is 2.16. The monoisotopic (exact) mass is 336 g/mol. The fraction of sp³-hybridized carbons (Fsp3) is 0.0588. The minimum Gasteiger partial charge on any atom is -0.508 e. The lowest BCUT2D eigenvalue weighted by atomic mass is 10.2. The van der Waals surface area contributed by atoms with Crippen LogP contribution in [0.5, 0.6) is 5.75 Å². The van der Waals surface area contributed by atoms with E-state index in [0.717, 1.165) is 5.69 Å². The first-order chi connectivity index (χ1) is 12.1. The van der Waals surface area contributed by atoms with E-state index >= 15 is 0 Å². The number of para-hydroxylation sites is 1. The molecule has 126 valence electrons. The van der Waals surface area contributed by atoms with Gasteiger partial charge in [0.05, 0.1) is 0 Å². The van der Waals surface area contributed by atoms with Gasteiger partial charge in [0.25, 0.3) is 5.91 Å². The lowest BCUT2D eigenvalue weighted by Gasteiger charge is -2.09. The molecular formula is C17H16N6O2. The number of aromatic nitrogens is 3. The molecule has 3 aromatic rings. The van der Waals surface area contributed by atoms with Crippen molar-refractivity contribution in [3.05, 3.63) is 60.2 Å². The van der Waals surface area contributed by atoms with Crippen molar-refractivity contribution in [2.75, 3.05) is 23.0 Å². The second-order valence-corrected chi connectivity index (χ2v) is 5.05. The molecule has 4 N–H and O–H groups in total. The molecule has 8 nitrogen and oxygen atoms in total. The Bertz CT molecular complexity index is 868. The van der Waals surface area contributed by atoms with Crippen molar-refractivity contribution in [2.45, 2.75) is 0 Å². The average Bonchev–Trinajstić information content (AvgIpc) is 2.63. The summed E-state index contributed by atoms with van der Waals surface area (Å²) in [6.07, 6.45) is 0. The number of hydrogen-bond donors (Lipinski definition) is 4. The predicted octanol–water partition coefficient (Wildman–Crippen LogP) is 2.61. The number of amides is 1. The first-order valence-electron chi connectivity index (χ1n) is 7.50. The van der Waals surface area contributed by atoms with E-state index in [2.05, 4.69) is 30.9 Å². The topological polar surface area (TPSA) is 112 Å². The van der Waals surface area contributed by atoms with Crippen molar-refractivity contribution in [3.63, 3.8) is 0 Å². The Morgan fingerprint density at radius 3 is 2.20 bits per heavy atom. The van der Waals surface area contributed by atoms with Crippen LogP contribution in [-0.4, -0.2) is 33.0 Å². The Balaban J connectivity index is 1.82. The number of carbonyl (C=O) groups excluding carboxylic acids is 1. The molecule has 0 aliphatic rings. The maximum Gasteiger partial charge on any atom is 0.258 e. The Labute approximate surface area is 144 Å². The normalized spacial score (nSPS) is 10.1. The van der Waals surface area contributed by atoms with Crippen LogP contribution in [0.4, 0.5) is 23.5 Å². The second-order valence-electron chi connectivity index (χ2n) is 5.05. The summed E-state index contributed by atoms with van der Waals surface area (Å²) in [5.41, 5.74) is 1.19. The van der Waals surface area contributed by atoms with Crippen LogP contribution in [0, 0.1) is 0 Å². The molecule has 1 heterocycles. The maximum absolute atomic E-state index is 12.3. The van der Waals surface area contributed by atoms with Gasteiger partial charge in [0.1, 0.15) is 5.75 Å². The van der Waals surface area contributed by atoms with Crippen LogP contribution >= 0.6 is 0 Å². The minimum absolute atomic E-state index is 0.0866. The standard InChI is InChI=1S/C17H16N6O2/c1-18-15-21-16(19-12-5-3-2-4-6-12)23-17(22-15)20-14(25)11-7-9-13(24)10-8-11/h2-10,24H,1H3,(H3,18,19,20,21,22,23,25). The summed E-state index contributed by atoms with van der Waals surface area (Å²) in [6, 6.07) is 15.3. The number of nitrogens with one attached hydrogen (secondary N) is 3. The fourth-order valence-electron chi connectivity index (χ4n) is 2.04. The summed E-state index contributed by atoms with van der Waals surface area (Å²) in [6.45, 7) is 0. The van der Waals surface area contributed by atoms with E-state index in [1.54, 1.807) is 7.05 Å². The molecule has 0 atom stereocenters. The zero-order valence-electron chi connectivity index (χ0n) is 13.4. The summed E-state index contributed by atoms with van der Waals surface area (Å²) in [5.74, 6) is 0.416. The van der Waals surface area contributed by atoms with Crippen molar-refractivity contribution in [1.29, 1.82) is 0 Å². The SMILES string of the molecule is CNc1nc(NC(=O)c2ccc(O)cc2)nc(Nc2ccccc2)n1. The van der Waals surface area contributed by atoms with E-state index in [4.69, 9.17) is 0 Å². The van der Waals surface area contributed by atoms with Crippen LogP contribution in [0.25, 0.3) is 0 Å². The van der Waals surface area contributed by atoms with Gasteiger partial charge in [-0.15, -0.1) is 0 Å². The highest BCUT2D eigenvalue weighted by Gasteiger charge is 2.11. The van der Waals surface area contributed by atoms with Crippen LogP contribution in [0.1, 0.15) is 10.4 Å². The van der Waals surface area contributed by atoms with E-state index in [1.807, 2.05) is 30.3 Å². The number of phenolic OH excluding ortho intramolecular Hbond substituents is 1. The number of carbonyl (C=O) groups is 1. The van der Waals surface area contributed by atoms with Crippen LogP contribution in [0.3, 0.4) is 0 Å². The molecule has 3 rings (SSSR count). The minimum atomic E-state index is -0.390. The number of anilines is 4. The van der Waals surface area contributed by atoms with Crippen molar-refractivity contribution in [2.24, 2.45) is 0 Å². The quantitative estimate of drug-likeness (QED) is 0.566. The second kappa shape index (κ2) is 7.26. The summed E-state index contributed by atoms with van der Waals surface area (Å²) < 4.78 is 0. The molecule has 0 saturated heterocycles. The van der Waals surface area contributed by atoms with Gasteiger partial charge in [0.2, 0.25) is 17.8 Å². The molecular weight excluding hydrogens is 320 g/mol. The zero-order chi connectivity index (χ0) is 17.6. The van der Waals surface area contributed by atoms with Gasteiger partial charge < -0.3 is 15.7 Å². The lowest BCUT2D eigenvalue weighted by Crippen LogP contribution is -2.16. The third-order valence-electron chi connectivity index (χ3n) is 3.24. The molecule has 0 radical (unpaired) electrons. The van der Waals surface area contributed by atoms with Crippen LogP contribution < -0.4 is 16.0 Å². The van der Waals surface area contributed by atoms with Gasteiger partial charge in [-0.3, -0.25) is 10.1 Å². The number of hydrogen-bond acceptors (Lipinski definition) is 7. The summed E-state index contributed by atoms with van der Waals surface area (Å²) >= 11 is 0. The van der Waals surface area contributed by atoms with E-state index in [0.29, 0.717) is 17.5 Å². The maximum atomic E-state index is 12.3.